The second kappa shape index (κ2) is 5.15. The van der Waals surface area contributed by atoms with Gasteiger partial charge >= 0.3 is 0 Å². The summed E-state index contributed by atoms with van der Waals surface area (Å²) < 4.78 is 0. The monoisotopic (exact) mass is 230 g/mol. The van der Waals surface area contributed by atoms with E-state index < -0.39 is 0 Å². The fourth-order valence-electron chi connectivity index (χ4n) is 1.76. The summed E-state index contributed by atoms with van der Waals surface area (Å²) in [5.41, 5.74) is 0.970. The highest BCUT2D eigenvalue weighted by Gasteiger charge is 2.12. The van der Waals surface area contributed by atoms with Gasteiger partial charge in [-0.25, -0.2) is 4.98 Å². The van der Waals surface area contributed by atoms with Gasteiger partial charge in [-0.05, 0) is 24.1 Å². The smallest absolute Gasteiger partial charge is 0.126 e. The van der Waals surface area contributed by atoms with Crippen molar-refractivity contribution in [1.82, 2.24) is 4.98 Å². The van der Waals surface area contributed by atoms with Crippen LogP contribution in [0.25, 0.3) is 10.9 Å². The molecular weight excluding hydrogens is 212 g/mol. The third-order valence-corrected chi connectivity index (χ3v) is 2.93. The van der Waals surface area contributed by atoms with Gasteiger partial charge in [0.05, 0.1) is 18.2 Å². The fourth-order valence-corrected chi connectivity index (χ4v) is 1.76. The van der Waals surface area contributed by atoms with Crippen molar-refractivity contribution < 1.29 is 5.11 Å². The predicted octanol–water partition coefficient (Wildman–Crippen LogP) is 2.66. The molecule has 1 heterocycles. The van der Waals surface area contributed by atoms with Crippen LogP contribution in [0.5, 0.6) is 0 Å². The standard InChI is InChI=1S/C14H18N2O/c1-10(2)13(9-17)16-14-8-7-11-5-3-4-6-12(11)15-14/h3-8,10,13,17H,9H2,1-2H3,(H,15,16). The SMILES string of the molecule is CC(C)C(CO)Nc1ccc2ccccc2n1. The van der Waals surface area contributed by atoms with Gasteiger partial charge in [0, 0.05) is 5.39 Å². The Morgan fingerprint density at radius 2 is 1.94 bits per heavy atom. The summed E-state index contributed by atoms with van der Waals surface area (Å²) in [6.45, 7) is 4.27. The van der Waals surface area contributed by atoms with Gasteiger partial charge in [-0.2, -0.15) is 0 Å². The van der Waals surface area contributed by atoms with Crippen LogP contribution in [0, 0.1) is 5.92 Å². The Hall–Kier alpha value is -1.61. The van der Waals surface area contributed by atoms with E-state index in [0.717, 1.165) is 16.7 Å². The van der Waals surface area contributed by atoms with Gasteiger partial charge in [0.2, 0.25) is 0 Å². The highest BCUT2D eigenvalue weighted by Crippen LogP contribution is 2.16. The molecule has 0 aliphatic carbocycles. The Balaban J connectivity index is 2.24. The first-order valence-corrected chi connectivity index (χ1v) is 5.94. The molecule has 2 rings (SSSR count). The Kier molecular flexibility index (Phi) is 3.59. The number of hydrogen-bond donors (Lipinski definition) is 2. The molecule has 0 fully saturated rings. The topological polar surface area (TPSA) is 45.1 Å². The van der Waals surface area contributed by atoms with E-state index in [1.54, 1.807) is 0 Å². The molecule has 1 unspecified atom stereocenters. The number of nitrogens with one attached hydrogen (secondary N) is 1. The highest BCUT2D eigenvalue weighted by atomic mass is 16.3. The molecule has 3 heteroatoms. The molecule has 1 atom stereocenters. The van der Waals surface area contributed by atoms with Crippen molar-refractivity contribution in [2.24, 2.45) is 5.92 Å². The van der Waals surface area contributed by atoms with Gasteiger partial charge in [0.15, 0.2) is 0 Å². The van der Waals surface area contributed by atoms with Crippen molar-refractivity contribution in [1.29, 1.82) is 0 Å². The van der Waals surface area contributed by atoms with E-state index in [1.807, 2.05) is 36.4 Å². The number of hydrogen-bond acceptors (Lipinski definition) is 3. The number of pyridine rings is 1. The van der Waals surface area contributed by atoms with E-state index in [9.17, 15) is 5.11 Å². The molecular formula is C14H18N2O. The van der Waals surface area contributed by atoms with E-state index in [0.29, 0.717) is 5.92 Å². The van der Waals surface area contributed by atoms with E-state index in [2.05, 4.69) is 24.1 Å². The van der Waals surface area contributed by atoms with Gasteiger partial charge in [0.25, 0.3) is 0 Å². The first-order chi connectivity index (χ1) is 8.20. The molecule has 3 nitrogen and oxygen atoms in total. The van der Waals surface area contributed by atoms with Crippen LogP contribution in [0.2, 0.25) is 0 Å². The van der Waals surface area contributed by atoms with Crippen LogP contribution in [0.3, 0.4) is 0 Å². The third kappa shape index (κ3) is 2.74. The fraction of sp³-hybridized carbons (Fsp3) is 0.357. The van der Waals surface area contributed by atoms with Crippen molar-refractivity contribution >= 4 is 16.7 Å². The summed E-state index contributed by atoms with van der Waals surface area (Å²) >= 11 is 0. The lowest BCUT2D eigenvalue weighted by atomic mass is 10.1. The van der Waals surface area contributed by atoms with Crippen LogP contribution in [0.4, 0.5) is 5.82 Å². The summed E-state index contributed by atoms with van der Waals surface area (Å²) in [4.78, 5) is 4.52. The quantitative estimate of drug-likeness (QED) is 0.848. The van der Waals surface area contributed by atoms with Gasteiger partial charge in [-0.3, -0.25) is 0 Å². The maximum absolute atomic E-state index is 9.28. The molecule has 90 valence electrons. The number of fused-ring (bicyclic) bond motifs is 1. The van der Waals surface area contributed by atoms with Gasteiger partial charge in [-0.1, -0.05) is 32.0 Å². The maximum atomic E-state index is 9.28. The van der Waals surface area contributed by atoms with Crippen LogP contribution in [-0.2, 0) is 0 Å². The Morgan fingerprint density at radius 1 is 1.18 bits per heavy atom. The molecule has 2 N–H and O–H groups in total. The normalized spacial score (nSPS) is 12.9. The van der Waals surface area contributed by atoms with Gasteiger partial charge < -0.3 is 10.4 Å². The largest absolute Gasteiger partial charge is 0.394 e. The summed E-state index contributed by atoms with van der Waals surface area (Å²) in [5, 5.41) is 13.7. The van der Waals surface area contributed by atoms with Crippen LogP contribution in [-0.4, -0.2) is 22.7 Å². The second-order valence-electron chi connectivity index (χ2n) is 4.57. The van der Waals surface area contributed by atoms with E-state index >= 15 is 0 Å². The summed E-state index contributed by atoms with van der Waals surface area (Å²) in [6.07, 6.45) is 0. The second-order valence-corrected chi connectivity index (χ2v) is 4.57. The first kappa shape index (κ1) is 11.9. The molecule has 0 spiro atoms. The number of nitrogens with zero attached hydrogens (tertiary/aromatic N) is 1. The summed E-state index contributed by atoms with van der Waals surface area (Å²) in [5.74, 6) is 1.18. The third-order valence-electron chi connectivity index (χ3n) is 2.93. The lowest BCUT2D eigenvalue weighted by Crippen LogP contribution is -2.29. The van der Waals surface area contributed by atoms with Crippen LogP contribution in [0.1, 0.15) is 13.8 Å². The highest BCUT2D eigenvalue weighted by molar-refractivity contribution is 5.80. The lowest BCUT2D eigenvalue weighted by Gasteiger charge is -2.20. The molecule has 0 saturated carbocycles. The number of anilines is 1. The average molecular weight is 230 g/mol. The minimum absolute atomic E-state index is 0.0451. The van der Waals surface area contributed by atoms with Crippen molar-refractivity contribution in [2.75, 3.05) is 11.9 Å². The molecule has 0 amide bonds. The number of aliphatic hydroxyl groups is 1. The number of aliphatic hydroxyl groups excluding tert-OH is 1. The number of para-hydroxylation sites is 1. The molecule has 0 saturated heterocycles. The van der Waals surface area contributed by atoms with Crippen molar-refractivity contribution in [3.05, 3.63) is 36.4 Å². The summed E-state index contributed by atoms with van der Waals surface area (Å²) in [6, 6.07) is 12.0. The minimum atomic E-state index is 0.0451. The van der Waals surface area contributed by atoms with Crippen LogP contribution < -0.4 is 5.32 Å². The summed E-state index contributed by atoms with van der Waals surface area (Å²) in [7, 11) is 0. The molecule has 2 aromatic rings. The number of rotatable bonds is 4. The molecule has 0 bridgehead atoms. The molecule has 17 heavy (non-hydrogen) atoms. The maximum Gasteiger partial charge on any atom is 0.126 e. The van der Waals surface area contributed by atoms with Crippen molar-refractivity contribution in [2.45, 2.75) is 19.9 Å². The number of benzene rings is 1. The molecule has 0 aliphatic heterocycles. The molecule has 0 radical (unpaired) electrons. The van der Waals surface area contributed by atoms with E-state index in [-0.39, 0.29) is 12.6 Å². The van der Waals surface area contributed by atoms with E-state index in [4.69, 9.17) is 0 Å². The zero-order valence-corrected chi connectivity index (χ0v) is 10.2. The Morgan fingerprint density at radius 3 is 2.65 bits per heavy atom. The minimum Gasteiger partial charge on any atom is -0.394 e. The van der Waals surface area contributed by atoms with Gasteiger partial charge in [-0.15, -0.1) is 0 Å². The Bertz CT molecular complexity index is 496. The zero-order chi connectivity index (χ0) is 12.3. The molecule has 0 aliphatic rings. The lowest BCUT2D eigenvalue weighted by molar-refractivity contribution is 0.249. The predicted molar refractivity (Wildman–Crippen MR) is 71.1 cm³/mol. The van der Waals surface area contributed by atoms with Gasteiger partial charge in [0.1, 0.15) is 5.82 Å². The molecule has 1 aromatic heterocycles. The molecule has 1 aromatic carbocycles. The van der Waals surface area contributed by atoms with E-state index in [1.165, 1.54) is 0 Å². The average Bonchev–Trinajstić information content (AvgIpc) is 2.35. The zero-order valence-electron chi connectivity index (χ0n) is 10.2. The van der Waals surface area contributed by atoms with Crippen LogP contribution in [0.15, 0.2) is 36.4 Å². The van der Waals surface area contributed by atoms with Crippen molar-refractivity contribution in [3.8, 4) is 0 Å². The van der Waals surface area contributed by atoms with Crippen molar-refractivity contribution in [3.63, 3.8) is 0 Å². The number of aromatic nitrogens is 1. The first-order valence-electron chi connectivity index (χ1n) is 5.94. The Labute approximate surface area is 102 Å². The van der Waals surface area contributed by atoms with Crippen LogP contribution >= 0.6 is 0 Å².